The number of halogens is 1. The fourth-order valence-electron chi connectivity index (χ4n) is 5.35. The van der Waals surface area contributed by atoms with Gasteiger partial charge in [0.05, 0.1) is 45.4 Å². The number of imidazole rings is 1. The van der Waals surface area contributed by atoms with Crippen LogP contribution in [0.15, 0.2) is 61.1 Å². The number of rotatable bonds is 9. The quantitative estimate of drug-likeness (QED) is 0.186. The molecule has 218 valence electrons. The topological polar surface area (TPSA) is 165 Å². The van der Waals surface area contributed by atoms with E-state index in [0.29, 0.717) is 22.7 Å². The van der Waals surface area contributed by atoms with E-state index in [2.05, 4.69) is 30.5 Å². The average molecular weight is 593 g/mol. The molecule has 0 saturated heterocycles. The van der Waals surface area contributed by atoms with Crippen molar-refractivity contribution in [3.63, 3.8) is 0 Å². The van der Waals surface area contributed by atoms with Crippen molar-refractivity contribution in [2.24, 2.45) is 0 Å². The summed E-state index contributed by atoms with van der Waals surface area (Å²) < 4.78 is 12.4. The second-order valence-corrected chi connectivity index (χ2v) is 10.3. The Kier molecular flexibility index (Phi) is 7.64. The number of fused-ring (bicyclic) bond motifs is 1. The molecule has 1 aliphatic carbocycles. The van der Waals surface area contributed by atoms with E-state index in [9.17, 15) is 15.3 Å². The minimum atomic E-state index is -1.16. The number of aliphatic hydroxyl groups is 3. The number of methoxy groups -OCH3 is 2. The van der Waals surface area contributed by atoms with Gasteiger partial charge in [-0.05, 0) is 53.4 Å². The number of aliphatic hydroxyl groups excluding tert-OH is 3. The van der Waals surface area contributed by atoms with E-state index in [1.54, 1.807) is 25.1 Å². The van der Waals surface area contributed by atoms with Crippen LogP contribution in [0.2, 0.25) is 5.28 Å². The first-order valence-corrected chi connectivity index (χ1v) is 13.6. The molecule has 13 nitrogen and oxygen atoms in total. The van der Waals surface area contributed by atoms with Gasteiger partial charge < -0.3 is 34.7 Å². The van der Waals surface area contributed by atoms with Gasteiger partial charge in [-0.25, -0.2) is 4.98 Å². The second kappa shape index (κ2) is 11.5. The first-order chi connectivity index (χ1) is 20.4. The predicted octanol–water partition coefficient (Wildman–Crippen LogP) is 2.69. The summed E-state index contributed by atoms with van der Waals surface area (Å²) in [7, 11) is 3.23. The van der Waals surface area contributed by atoms with Crippen molar-refractivity contribution in [2.45, 2.75) is 43.4 Å². The Morgan fingerprint density at radius 2 is 1.57 bits per heavy atom. The summed E-state index contributed by atoms with van der Waals surface area (Å²) in [5.74, 6) is 1.85. The lowest BCUT2D eigenvalue weighted by atomic mass is 9.98. The second-order valence-electron chi connectivity index (χ2n) is 9.95. The number of hydrogen-bond donors (Lipinski definition) is 4. The fraction of sp³-hybridized carbons (Fsp3) is 0.321. The molecule has 0 spiro atoms. The van der Waals surface area contributed by atoms with Crippen LogP contribution in [0.5, 0.6) is 11.5 Å². The normalized spacial score (nSPS) is 20.4. The Balaban J connectivity index is 1.36. The standard InChI is InChI=1S/C28H29ClN8O5/c1-41-18-7-3-15(4-8-18)22(16-5-9-19(42-2)10-6-16)32-26-23-27(34-28(29)33-26)36(14-30-23)20-11-21(25(40)24(20)39)37-31-12-17(13-38)35-37/h3-10,12,14,20-22,24-25,38-40H,11,13H2,1-2H3,(H,32,33,34)/t20-,21+,24+,25-/m1/s1. The SMILES string of the molecule is COc1ccc(C(Nc2nc(Cl)nc3c2ncn3[C@@H]2C[C@H](n3ncc(CO)n3)[C@@H](O)[C@H]2O)c2ccc(OC)cc2)cc1. The van der Waals surface area contributed by atoms with E-state index in [-0.39, 0.29) is 24.4 Å². The minimum Gasteiger partial charge on any atom is -0.497 e. The van der Waals surface area contributed by atoms with Crippen LogP contribution in [0.25, 0.3) is 11.2 Å². The molecule has 6 rings (SSSR count). The van der Waals surface area contributed by atoms with Gasteiger partial charge in [-0.2, -0.15) is 25.0 Å². The molecule has 1 saturated carbocycles. The van der Waals surface area contributed by atoms with E-state index in [1.807, 2.05) is 48.5 Å². The van der Waals surface area contributed by atoms with Gasteiger partial charge in [-0.15, -0.1) is 0 Å². The first kappa shape index (κ1) is 27.8. The molecule has 1 fully saturated rings. The lowest BCUT2D eigenvalue weighted by Crippen LogP contribution is -2.31. The van der Waals surface area contributed by atoms with Crippen LogP contribution in [0, 0.1) is 0 Å². The highest BCUT2D eigenvalue weighted by Crippen LogP contribution is 2.40. The molecule has 3 heterocycles. The summed E-state index contributed by atoms with van der Waals surface area (Å²) in [6, 6.07) is 13.8. The van der Waals surface area contributed by atoms with Crippen LogP contribution in [0.4, 0.5) is 5.82 Å². The zero-order chi connectivity index (χ0) is 29.4. The van der Waals surface area contributed by atoms with E-state index in [4.69, 9.17) is 21.1 Å². The summed E-state index contributed by atoms with van der Waals surface area (Å²) in [6.45, 7) is -0.278. The summed E-state index contributed by atoms with van der Waals surface area (Å²) in [5.41, 5.74) is 3.08. The van der Waals surface area contributed by atoms with Gasteiger partial charge in [-0.3, -0.25) is 0 Å². The molecular formula is C28H29ClN8O5. The molecule has 14 heteroatoms. The molecule has 1 aliphatic rings. The Bertz CT molecular complexity index is 1630. The van der Waals surface area contributed by atoms with Crippen molar-refractivity contribution >= 4 is 28.6 Å². The third-order valence-electron chi connectivity index (χ3n) is 7.57. The summed E-state index contributed by atoms with van der Waals surface area (Å²) in [6.07, 6.45) is 0.947. The zero-order valence-electron chi connectivity index (χ0n) is 22.7. The summed E-state index contributed by atoms with van der Waals surface area (Å²) in [4.78, 5) is 14.8. The lowest BCUT2D eigenvalue weighted by Gasteiger charge is -2.22. The number of benzene rings is 2. The van der Waals surface area contributed by atoms with E-state index in [1.165, 1.54) is 11.0 Å². The van der Waals surface area contributed by atoms with Gasteiger partial charge in [0, 0.05) is 0 Å². The molecule has 0 amide bonds. The molecule has 0 bridgehead atoms. The maximum atomic E-state index is 11.0. The maximum Gasteiger partial charge on any atom is 0.226 e. The smallest absolute Gasteiger partial charge is 0.226 e. The van der Waals surface area contributed by atoms with Crippen LogP contribution in [-0.2, 0) is 6.61 Å². The monoisotopic (exact) mass is 592 g/mol. The molecular weight excluding hydrogens is 564 g/mol. The number of aromatic nitrogens is 7. The van der Waals surface area contributed by atoms with Gasteiger partial charge in [-0.1, -0.05) is 24.3 Å². The zero-order valence-corrected chi connectivity index (χ0v) is 23.5. The van der Waals surface area contributed by atoms with Crippen LogP contribution in [0.1, 0.15) is 41.4 Å². The van der Waals surface area contributed by atoms with Gasteiger partial charge in [0.1, 0.15) is 35.4 Å². The van der Waals surface area contributed by atoms with E-state index >= 15 is 0 Å². The highest BCUT2D eigenvalue weighted by molar-refractivity contribution is 6.28. The van der Waals surface area contributed by atoms with Crippen LogP contribution < -0.4 is 14.8 Å². The molecule has 5 aromatic rings. The highest BCUT2D eigenvalue weighted by Gasteiger charge is 2.45. The van der Waals surface area contributed by atoms with Crippen molar-refractivity contribution in [3.05, 3.63) is 83.2 Å². The third-order valence-corrected chi connectivity index (χ3v) is 7.74. The molecule has 0 radical (unpaired) electrons. The Morgan fingerprint density at radius 3 is 2.14 bits per heavy atom. The van der Waals surface area contributed by atoms with E-state index < -0.39 is 24.3 Å². The molecule has 4 N–H and O–H groups in total. The van der Waals surface area contributed by atoms with Crippen LogP contribution in [-0.4, -0.2) is 76.3 Å². The van der Waals surface area contributed by atoms with Crippen LogP contribution >= 0.6 is 11.6 Å². The first-order valence-electron chi connectivity index (χ1n) is 13.2. The predicted molar refractivity (Wildman–Crippen MR) is 152 cm³/mol. The van der Waals surface area contributed by atoms with E-state index in [0.717, 1.165) is 22.6 Å². The Labute approximate surface area is 245 Å². The number of anilines is 1. The molecule has 0 aliphatic heterocycles. The summed E-state index contributed by atoms with van der Waals surface area (Å²) >= 11 is 6.43. The maximum absolute atomic E-state index is 11.0. The number of nitrogens with zero attached hydrogens (tertiary/aromatic N) is 7. The van der Waals surface area contributed by atoms with Crippen molar-refractivity contribution < 1.29 is 24.8 Å². The van der Waals surface area contributed by atoms with Crippen molar-refractivity contribution in [3.8, 4) is 11.5 Å². The molecule has 4 atom stereocenters. The average Bonchev–Trinajstić information content (AvgIpc) is 3.74. The molecule has 0 unspecified atom stereocenters. The van der Waals surface area contributed by atoms with Crippen molar-refractivity contribution in [2.75, 3.05) is 19.5 Å². The van der Waals surface area contributed by atoms with Gasteiger partial charge >= 0.3 is 0 Å². The summed E-state index contributed by atoms with van der Waals surface area (Å²) in [5, 5.41) is 43.1. The molecule has 42 heavy (non-hydrogen) atoms. The van der Waals surface area contributed by atoms with Crippen molar-refractivity contribution in [1.29, 1.82) is 0 Å². The largest absolute Gasteiger partial charge is 0.497 e. The fourth-order valence-corrected chi connectivity index (χ4v) is 5.52. The molecule has 2 aromatic carbocycles. The van der Waals surface area contributed by atoms with Gasteiger partial charge in [0.25, 0.3) is 0 Å². The Morgan fingerprint density at radius 1 is 0.952 bits per heavy atom. The van der Waals surface area contributed by atoms with Crippen molar-refractivity contribution in [1.82, 2.24) is 34.5 Å². The lowest BCUT2D eigenvalue weighted by molar-refractivity contribution is 0.00491. The number of hydrogen-bond acceptors (Lipinski definition) is 11. The third kappa shape index (κ3) is 5.11. The highest BCUT2D eigenvalue weighted by atomic mass is 35.5. The van der Waals surface area contributed by atoms with Gasteiger partial charge in [0.2, 0.25) is 5.28 Å². The number of ether oxygens (including phenoxy) is 2. The Hall–Kier alpha value is -4.30. The minimum absolute atomic E-state index is 0.0131. The van der Waals surface area contributed by atoms with Crippen LogP contribution in [0.3, 0.4) is 0 Å². The van der Waals surface area contributed by atoms with Gasteiger partial charge in [0.15, 0.2) is 17.0 Å². The number of nitrogens with one attached hydrogen (secondary N) is 1. The molecule has 3 aromatic heterocycles.